The SMILES string of the molecule is C=C(C=C(COC)C(=O)CCOC)C(C)(C)C(=C)/C=C\C(=C)C(C)(C(=C)C=C(CO)C(=O)CCOC)C(=C)C=C(COC)C(=O)CCOC. The Balaban J connectivity index is 6.90. The highest BCUT2D eigenvalue weighted by atomic mass is 16.5. The molecule has 0 aromatic heterocycles. The van der Waals surface area contributed by atoms with Crippen molar-refractivity contribution in [2.75, 3.05) is 75.2 Å². The van der Waals surface area contributed by atoms with Crippen LogP contribution in [-0.4, -0.2) is 97.6 Å². The molecular formula is C40H58O9. The largest absolute Gasteiger partial charge is 0.392 e. The molecule has 0 aliphatic rings. The zero-order valence-electron chi connectivity index (χ0n) is 31.0. The highest BCUT2D eigenvalue weighted by molar-refractivity contribution is 5.97. The number of carbonyl (C=O) groups excluding carboxylic acids is 3. The molecule has 0 aliphatic heterocycles. The molecule has 1 unspecified atom stereocenters. The molecule has 0 heterocycles. The van der Waals surface area contributed by atoms with Gasteiger partial charge in [-0.1, -0.05) is 58.9 Å². The van der Waals surface area contributed by atoms with E-state index in [1.54, 1.807) is 24.3 Å². The van der Waals surface area contributed by atoms with Gasteiger partial charge in [0.2, 0.25) is 0 Å². The number of ether oxygens (including phenoxy) is 5. The number of allylic oxidation sites excluding steroid dienone is 10. The second-order valence-electron chi connectivity index (χ2n) is 12.2. The zero-order valence-corrected chi connectivity index (χ0v) is 31.0. The van der Waals surface area contributed by atoms with E-state index in [-0.39, 0.29) is 68.6 Å². The lowest BCUT2D eigenvalue weighted by Gasteiger charge is -2.34. The van der Waals surface area contributed by atoms with E-state index in [1.807, 2.05) is 20.8 Å². The van der Waals surface area contributed by atoms with Crippen LogP contribution in [0, 0.1) is 10.8 Å². The fraction of sp³-hybridized carbons (Fsp3) is 0.475. The first-order chi connectivity index (χ1) is 23.0. The molecule has 49 heavy (non-hydrogen) atoms. The van der Waals surface area contributed by atoms with Crippen molar-refractivity contribution in [2.24, 2.45) is 10.8 Å². The average molecular weight is 683 g/mol. The van der Waals surface area contributed by atoms with Crippen molar-refractivity contribution < 1.29 is 43.2 Å². The number of aliphatic hydroxyl groups is 1. The summed E-state index contributed by atoms with van der Waals surface area (Å²) in [6.07, 6.45) is 8.93. The van der Waals surface area contributed by atoms with Crippen molar-refractivity contribution in [3.05, 3.63) is 108 Å². The summed E-state index contributed by atoms with van der Waals surface area (Å²) in [4.78, 5) is 38.6. The maximum Gasteiger partial charge on any atom is 0.163 e. The van der Waals surface area contributed by atoms with Gasteiger partial charge in [-0.3, -0.25) is 14.4 Å². The molecule has 1 N–H and O–H groups in total. The van der Waals surface area contributed by atoms with Gasteiger partial charge in [-0.25, -0.2) is 0 Å². The van der Waals surface area contributed by atoms with Crippen LogP contribution < -0.4 is 0 Å². The van der Waals surface area contributed by atoms with E-state index in [1.165, 1.54) is 41.6 Å². The molecule has 0 aliphatic carbocycles. The first kappa shape index (κ1) is 45.4. The minimum Gasteiger partial charge on any atom is -0.392 e. The Kier molecular flexibility index (Phi) is 21.3. The van der Waals surface area contributed by atoms with E-state index in [9.17, 15) is 19.5 Å². The van der Waals surface area contributed by atoms with Crippen molar-refractivity contribution >= 4 is 17.3 Å². The van der Waals surface area contributed by atoms with Gasteiger partial charge in [0.25, 0.3) is 0 Å². The van der Waals surface area contributed by atoms with Gasteiger partial charge in [-0.05, 0) is 53.0 Å². The molecule has 0 saturated carbocycles. The van der Waals surface area contributed by atoms with Gasteiger partial charge in [0.15, 0.2) is 17.3 Å². The molecule has 1 atom stereocenters. The Bertz CT molecular complexity index is 1350. The zero-order chi connectivity index (χ0) is 37.8. The van der Waals surface area contributed by atoms with E-state index < -0.39 is 17.4 Å². The van der Waals surface area contributed by atoms with E-state index in [0.717, 1.165) is 0 Å². The lowest BCUT2D eigenvalue weighted by atomic mass is 9.69. The summed E-state index contributed by atoms with van der Waals surface area (Å²) in [5.41, 5.74) is 1.90. The second kappa shape index (κ2) is 22.9. The molecule has 9 heteroatoms. The van der Waals surface area contributed by atoms with Gasteiger partial charge in [0, 0.05) is 82.4 Å². The summed E-state index contributed by atoms with van der Waals surface area (Å²) in [7, 11) is 7.56. The van der Waals surface area contributed by atoms with Gasteiger partial charge in [0.1, 0.15) is 0 Å². The molecule has 0 saturated heterocycles. The third-order valence-electron chi connectivity index (χ3n) is 8.51. The third-order valence-corrected chi connectivity index (χ3v) is 8.51. The number of hydrogen-bond acceptors (Lipinski definition) is 9. The van der Waals surface area contributed by atoms with Gasteiger partial charge in [-0.2, -0.15) is 0 Å². The van der Waals surface area contributed by atoms with Crippen LogP contribution in [0.25, 0.3) is 0 Å². The lowest BCUT2D eigenvalue weighted by Crippen LogP contribution is -2.24. The molecule has 0 aromatic carbocycles. The van der Waals surface area contributed by atoms with E-state index in [4.69, 9.17) is 23.7 Å². The Morgan fingerprint density at radius 3 is 1.24 bits per heavy atom. The summed E-state index contributed by atoms with van der Waals surface area (Å²) in [5.74, 6) is -0.559. The van der Waals surface area contributed by atoms with Crippen molar-refractivity contribution in [3.63, 3.8) is 0 Å². The number of carbonyl (C=O) groups is 3. The van der Waals surface area contributed by atoms with Gasteiger partial charge in [-0.15, -0.1) is 0 Å². The fourth-order valence-electron chi connectivity index (χ4n) is 4.50. The molecule has 0 spiro atoms. The van der Waals surface area contributed by atoms with Gasteiger partial charge in [0.05, 0.1) is 39.6 Å². The van der Waals surface area contributed by atoms with Crippen molar-refractivity contribution in [3.8, 4) is 0 Å². The fourth-order valence-corrected chi connectivity index (χ4v) is 4.50. The van der Waals surface area contributed by atoms with Crippen LogP contribution in [0.3, 0.4) is 0 Å². The number of hydrogen-bond donors (Lipinski definition) is 1. The van der Waals surface area contributed by atoms with Crippen LogP contribution in [0.15, 0.2) is 108 Å². The summed E-state index contributed by atoms with van der Waals surface area (Å²) in [5, 5.41) is 10.1. The van der Waals surface area contributed by atoms with Crippen LogP contribution in [0.1, 0.15) is 40.0 Å². The minimum atomic E-state index is -1.13. The van der Waals surface area contributed by atoms with Crippen molar-refractivity contribution in [2.45, 2.75) is 40.0 Å². The van der Waals surface area contributed by atoms with E-state index >= 15 is 0 Å². The molecular weight excluding hydrogens is 624 g/mol. The predicted molar refractivity (Wildman–Crippen MR) is 196 cm³/mol. The molecule has 272 valence electrons. The van der Waals surface area contributed by atoms with Crippen LogP contribution in [0.4, 0.5) is 0 Å². The summed E-state index contributed by atoms with van der Waals surface area (Å²) in [6, 6.07) is 0. The number of methoxy groups -OCH3 is 5. The van der Waals surface area contributed by atoms with Gasteiger partial charge < -0.3 is 28.8 Å². The quantitative estimate of drug-likeness (QED) is 0.0794. The molecule has 9 nitrogen and oxygen atoms in total. The highest BCUT2D eigenvalue weighted by Gasteiger charge is 2.33. The molecule has 0 rings (SSSR count). The average Bonchev–Trinajstić information content (AvgIpc) is 3.07. The minimum absolute atomic E-state index is 0.0410. The number of rotatable bonds is 27. The van der Waals surface area contributed by atoms with Gasteiger partial charge >= 0.3 is 0 Å². The molecule has 0 bridgehead atoms. The number of Topliss-reactive ketones (excluding diaryl/α,β-unsaturated/α-hetero) is 3. The summed E-state index contributed by atoms with van der Waals surface area (Å²) < 4.78 is 25.8. The van der Waals surface area contributed by atoms with Crippen LogP contribution in [-0.2, 0) is 38.1 Å². The maximum absolute atomic E-state index is 13.0. The Hall–Kier alpha value is -3.57. The molecule has 0 aromatic rings. The molecule has 0 fully saturated rings. The normalized spacial score (nSPS) is 14.0. The standard InChI is InChI=1S/C40H58O9/c1-28(39(6,7)30(3)22-34(26-48-12)37(43)17-20-46-10)14-15-29(2)40(8,31(4)23-33(25-41)36(42)16-19-45-9)32(5)24-35(27-49-13)38(44)18-21-47-11/h14-15,22-24,41H,1-5,16-21,25-27H2,6-13H3/b15-14-,33-23?,34-22?,35-24?. The number of aliphatic hydroxyl groups excluding tert-OH is 1. The van der Waals surface area contributed by atoms with Crippen LogP contribution >= 0.6 is 0 Å². The Morgan fingerprint density at radius 2 is 0.878 bits per heavy atom. The highest BCUT2D eigenvalue weighted by Crippen LogP contribution is 2.44. The molecule has 0 radical (unpaired) electrons. The predicted octanol–water partition coefficient (Wildman–Crippen LogP) is 6.24. The van der Waals surface area contributed by atoms with E-state index in [0.29, 0.717) is 45.6 Å². The third kappa shape index (κ3) is 14.1. The smallest absolute Gasteiger partial charge is 0.163 e. The summed E-state index contributed by atoms with van der Waals surface area (Å²) >= 11 is 0. The first-order valence-electron chi connectivity index (χ1n) is 15.9. The summed E-state index contributed by atoms with van der Waals surface area (Å²) in [6.45, 7) is 27.6. The van der Waals surface area contributed by atoms with Crippen molar-refractivity contribution in [1.82, 2.24) is 0 Å². The van der Waals surface area contributed by atoms with Crippen molar-refractivity contribution in [1.29, 1.82) is 0 Å². The van der Waals surface area contributed by atoms with Crippen LogP contribution in [0.5, 0.6) is 0 Å². The first-order valence-corrected chi connectivity index (χ1v) is 15.9. The number of ketones is 3. The monoisotopic (exact) mass is 682 g/mol. The molecule has 0 amide bonds. The topological polar surface area (TPSA) is 118 Å². The van der Waals surface area contributed by atoms with Crippen LogP contribution in [0.2, 0.25) is 0 Å². The maximum atomic E-state index is 13.0. The Morgan fingerprint density at radius 1 is 0.531 bits per heavy atom. The lowest BCUT2D eigenvalue weighted by molar-refractivity contribution is -0.117. The Labute approximate surface area is 294 Å². The van der Waals surface area contributed by atoms with E-state index in [2.05, 4.69) is 32.9 Å². The second-order valence-corrected chi connectivity index (χ2v) is 12.2.